The Bertz CT molecular complexity index is 891. The van der Waals surface area contributed by atoms with Crippen LogP contribution in [0.25, 0.3) is 0 Å². The van der Waals surface area contributed by atoms with E-state index in [-0.39, 0.29) is 11.8 Å². The molecule has 0 saturated carbocycles. The molecule has 0 aliphatic rings. The van der Waals surface area contributed by atoms with Crippen LogP contribution in [-0.4, -0.2) is 12.1 Å². The van der Waals surface area contributed by atoms with Crippen LogP contribution in [0.4, 0.5) is 0 Å². The summed E-state index contributed by atoms with van der Waals surface area (Å²) in [5.41, 5.74) is 5.65. The van der Waals surface area contributed by atoms with Gasteiger partial charge in [0, 0.05) is 0 Å². The number of hydrogen-bond donors (Lipinski definition) is 1. The quantitative estimate of drug-likeness (QED) is 0.451. The van der Waals surface area contributed by atoms with Crippen LogP contribution >= 0.6 is 0 Å². The van der Waals surface area contributed by atoms with Gasteiger partial charge in [0.2, 0.25) is 5.91 Å². The Hall–Kier alpha value is -3.40. The van der Waals surface area contributed by atoms with Gasteiger partial charge in [0.05, 0.1) is 12.1 Å². The van der Waals surface area contributed by atoms with Crippen molar-refractivity contribution < 1.29 is 9.53 Å². The van der Waals surface area contributed by atoms with Crippen LogP contribution in [0.15, 0.2) is 90.0 Å². The predicted molar refractivity (Wildman–Crippen MR) is 112 cm³/mol. The number of carbonyl (C=O) groups excluding carboxylic acids is 1. The third-order valence-electron chi connectivity index (χ3n) is 4.44. The number of hydrogen-bond acceptors (Lipinski definition) is 3. The van der Waals surface area contributed by atoms with Gasteiger partial charge in [-0.15, -0.1) is 0 Å². The van der Waals surface area contributed by atoms with Crippen molar-refractivity contribution in [3.8, 4) is 5.75 Å². The van der Waals surface area contributed by atoms with Gasteiger partial charge in [-0.3, -0.25) is 4.79 Å². The standard InChI is InChI=1S/C24H24N2O2/c1-2-23(21-11-7-4-8-12-21)24(27)26-25-17-19-13-15-22(16-14-19)28-18-20-9-5-3-6-10-20/h3-17,23H,2,18H2,1H3,(H,26,27). The lowest BCUT2D eigenvalue weighted by Gasteiger charge is -2.12. The van der Waals surface area contributed by atoms with Crippen LogP contribution in [0, 0.1) is 0 Å². The Labute approximate surface area is 165 Å². The molecule has 28 heavy (non-hydrogen) atoms. The first-order chi connectivity index (χ1) is 13.8. The molecule has 3 aromatic carbocycles. The number of amides is 1. The molecule has 1 atom stereocenters. The molecule has 142 valence electrons. The van der Waals surface area contributed by atoms with Crippen molar-refractivity contribution in [2.45, 2.75) is 25.9 Å². The molecule has 0 saturated heterocycles. The normalized spacial score (nSPS) is 11.9. The number of rotatable bonds is 8. The fourth-order valence-electron chi connectivity index (χ4n) is 2.90. The monoisotopic (exact) mass is 372 g/mol. The summed E-state index contributed by atoms with van der Waals surface area (Å²) >= 11 is 0. The number of ether oxygens (including phenoxy) is 1. The van der Waals surface area contributed by atoms with E-state index in [1.165, 1.54) is 0 Å². The highest BCUT2D eigenvalue weighted by molar-refractivity contribution is 5.86. The lowest BCUT2D eigenvalue weighted by Crippen LogP contribution is -2.25. The highest BCUT2D eigenvalue weighted by atomic mass is 16.5. The lowest BCUT2D eigenvalue weighted by atomic mass is 9.96. The van der Waals surface area contributed by atoms with Gasteiger partial charge in [0.15, 0.2) is 0 Å². The molecule has 4 heteroatoms. The molecule has 0 aliphatic heterocycles. The summed E-state index contributed by atoms with van der Waals surface area (Å²) < 4.78 is 5.77. The summed E-state index contributed by atoms with van der Waals surface area (Å²) in [7, 11) is 0. The molecule has 4 nitrogen and oxygen atoms in total. The summed E-state index contributed by atoms with van der Waals surface area (Å²) in [6.07, 6.45) is 2.36. The highest BCUT2D eigenvalue weighted by Crippen LogP contribution is 2.19. The molecule has 0 spiro atoms. The summed E-state index contributed by atoms with van der Waals surface area (Å²) in [6.45, 7) is 2.53. The van der Waals surface area contributed by atoms with Gasteiger partial charge in [0.1, 0.15) is 12.4 Å². The SMILES string of the molecule is CCC(C(=O)NN=Cc1ccc(OCc2ccccc2)cc1)c1ccccc1. The average Bonchev–Trinajstić information content (AvgIpc) is 2.75. The van der Waals surface area contributed by atoms with Crippen molar-refractivity contribution >= 4 is 12.1 Å². The fraction of sp³-hybridized carbons (Fsp3) is 0.167. The number of hydrazone groups is 1. The van der Waals surface area contributed by atoms with Crippen LogP contribution in [-0.2, 0) is 11.4 Å². The molecule has 0 aliphatic carbocycles. The maximum atomic E-state index is 12.4. The van der Waals surface area contributed by atoms with Crippen LogP contribution in [0.5, 0.6) is 5.75 Å². The Balaban J connectivity index is 1.52. The van der Waals surface area contributed by atoms with E-state index in [0.29, 0.717) is 6.61 Å². The molecule has 1 amide bonds. The van der Waals surface area contributed by atoms with Crippen LogP contribution in [0.1, 0.15) is 36.0 Å². The summed E-state index contributed by atoms with van der Waals surface area (Å²) in [5.74, 6) is 0.486. The van der Waals surface area contributed by atoms with Gasteiger partial charge in [0.25, 0.3) is 0 Å². The topological polar surface area (TPSA) is 50.7 Å². The third kappa shape index (κ3) is 5.55. The van der Waals surface area contributed by atoms with Crippen LogP contribution in [0.2, 0.25) is 0 Å². The second-order valence-electron chi connectivity index (χ2n) is 6.45. The molecule has 0 radical (unpaired) electrons. The summed E-state index contributed by atoms with van der Waals surface area (Å²) in [5, 5.41) is 4.09. The number of benzene rings is 3. The number of carbonyl (C=O) groups is 1. The van der Waals surface area contributed by atoms with Gasteiger partial charge in [-0.05, 0) is 47.4 Å². The minimum absolute atomic E-state index is 0.104. The van der Waals surface area contributed by atoms with E-state index < -0.39 is 0 Å². The predicted octanol–water partition coefficient (Wildman–Crippen LogP) is 4.91. The van der Waals surface area contributed by atoms with E-state index in [0.717, 1.165) is 28.9 Å². The second-order valence-corrected chi connectivity index (χ2v) is 6.45. The Morgan fingerprint density at radius 3 is 2.25 bits per heavy atom. The van der Waals surface area contributed by atoms with Gasteiger partial charge in [-0.1, -0.05) is 67.6 Å². The van der Waals surface area contributed by atoms with E-state index in [2.05, 4.69) is 10.5 Å². The minimum atomic E-state index is -0.202. The molecule has 0 aromatic heterocycles. The first-order valence-electron chi connectivity index (χ1n) is 9.41. The van der Waals surface area contributed by atoms with E-state index in [1.54, 1.807) is 6.21 Å². The number of nitrogens with zero attached hydrogens (tertiary/aromatic N) is 1. The van der Waals surface area contributed by atoms with Crippen molar-refractivity contribution in [3.63, 3.8) is 0 Å². The fourth-order valence-corrected chi connectivity index (χ4v) is 2.90. The second kappa shape index (κ2) is 10.1. The maximum absolute atomic E-state index is 12.4. The van der Waals surface area contributed by atoms with E-state index in [1.807, 2.05) is 91.9 Å². The van der Waals surface area contributed by atoms with Crippen LogP contribution in [0.3, 0.4) is 0 Å². The molecule has 0 fully saturated rings. The van der Waals surface area contributed by atoms with Gasteiger partial charge in [-0.2, -0.15) is 5.10 Å². The molecule has 3 aromatic rings. The molecular formula is C24H24N2O2. The minimum Gasteiger partial charge on any atom is -0.489 e. The Morgan fingerprint density at radius 2 is 1.61 bits per heavy atom. The zero-order valence-corrected chi connectivity index (χ0v) is 15.9. The highest BCUT2D eigenvalue weighted by Gasteiger charge is 2.17. The molecule has 1 unspecified atom stereocenters. The van der Waals surface area contributed by atoms with E-state index in [9.17, 15) is 4.79 Å². The molecular weight excluding hydrogens is 348 g/mol. The van der Waals surface area contributed by atoms with Crippen molar-refractivity contribution in [2.24, 2.45) is 5.10 Å². The van der Waals surface area contributed by atoms with Gasteiger partial charge >= 0.3 is 0 Å². The molecule has 1 N–H and O–H groups in total. The molecule has 0 bridgehead atoms. The Kier molecular flexibility index (Phi) is 6.96. The number of nitrogens with one attached hydrogen (secondary N) is 1. The summed E-state index contributed by atoms with van der Waals surface area (Å²) in [4.78, 5) is 12.4. The van der Waals surface area contributed by atoms with E-state index >= 15 is 0 Å². The first-order valence-corrected chi connectivity index (χ1v) is 9.41. The van der Waals surface area contributed by atoms with Crippen LogP contribution < -0.4 is 10.2 Å². The smallest absolute Gasteiger partial charge is 0.247 e. The molecule has 0 heterocycles. The van der Waals surface area contributed by atoms with Crippen molar-refractivity contribution in [3.05, 3.63) is 102 Å². The molecule has 3 rings (SSSR count). The third-order valence-corrected chi connectivity index (χ3v) is 4.44. The van der Waals surface area contributed by atoms with Crippen molar-refractivity contribution in [2.75, 3.05) is 0 Å². The van der Waals surface area contributed by atoms with Gasteiger partial charge in [-0.25, -0.2) is 5.43 Å². The lowest BCUT2D eigenvalue weighted by molar-refractivity contribution is -0.122. The zero-order chi connectivity index (χ0) is 19.6. The zero-order valence-electron chi connectivity index (χ0n) is 15.9. The average molecular weight is 372 g/mol. The van der Waals surface area contributed by atoms with Gasteiger partial charge < -0.3 is 4.74 Å². The first kappa shape index (κ1) is 19.4. The summed E-state index contributed by atoms with van der Waals surface area (Å²) in [6, 6.07) is 27.4. The van der Waals surface area contributed by atoms with Crippen molar-refractivity contribution in [1.29, 1.82) is 0 Å². The maximum Gasteiger partial charge on any atom is 0.247 e. The van der Waals surface area contributed by atoms with Crippen molar-refractivity contribution in [1.82, 2.24) is 5.43 Å². The largest absolute Gasteiger partial charge is 0.489 e. The van der Waals surface area contributed by atoms with E-state index in [4.69, 9.17) is 4.74 Å². The Morgan fingerprint density at radius 1 is 0.964 bits per heavy atom.